The summed E-state index contributed by atoms with van der Waals surface area (Å²) in [5.41, 5.74) is 1.52. The molecule has 4 nitrogen and oxygen atoms in total. The van der Waals surface area contributed by atoms with Crippen LogP contribution in [-0.4, -0.2) is 17.0 Å². The van der Waals surface area contributed by atoms with E-state index in [1.54, 1.807) is 14.0 Å². The molecule has 1 aromatic carbocycles. The summed E-state index contributed by atoms with van der Waals surface area (Å²) in [6.07, 6.45) is 0. The highest BCUT2D eigenvalue weighted by Crippen LogP contribution is 2.20. The lowest BCUT2D eigenvalue weighted by Crippen LogP contribution is -2.08. The highest BCUT2D eigenvalue weighted by molar-refractivity contribution is 5.57. The van der Waals surface area contributed by atoms with E-state index in [0.29, 0.717) is 23.8 Å². The Labute approximate surface area is 116 Å². The van der Waals surface area contributed by atoms with Gasteiger partial charge in [0.25, 0.3) is 0 Å². The SMILES string of the molecule is CNc1nc(C)nc(NCc2ccc(F)c(F)c2)c1C. The van der Waals surface area contributed by atoms with Crippen molar-refractivity contribution in [2.24, 2.45) is 0 Å². The number of aryl methyl sites for hydroxylation is 1. The van der Waals surface area contributed by atoms with Gasteiger partial charge in [0.1, 0.15) is 17.5 Å². The number of halogens is 2. The van der Waals surface area contributed by atoms with Crippen LogP contribution in [0.5, 0.6) is 0 Å². The number of hydrogen-bond acceptors (Lipinski definition) is 4. The molecule has 0 saturated carbocycles. The van der Waals surface area contributed by atoms with Crippen molar-refractivity contribution in [1.82, 2.24) is 9.97 Å². The summed E-state index contributed by atoms with van der Waals surface area (Å²) in [5, 5.41) is 6.10. The maximum Gasteiger partial charge on any atom is 0.159 e. The normalized spacial score (nSPS) is 10.4. The predicted octanol–water partition coefficient (Wildman–Crippen LogP) is 3.03. The summed E-state index contributed by atoms with van der Waals surface area (Å²) >= 11 is 0. The second kappa shape index (κ2) is 5.81. The second-order valence-corrected chi connectivity index (χ2v) is 4.45. The zero-order valence-corrected chi connectivity index (χ0v) is 11.6. The van der Waals surface area contributed by atoms with Crippen molar-refractivity contribution < 1.29 is 8.78 Å². The number of nitrogens with zero attached hydrogens (tertiary/aromatic N) is 2. The van der Waals surface area contributed by atoms with Crippen molar-refractivity contribution in [1.29, 1.82) is 0 Å². The van der Waals surface area contributed by atoms with E-state index in [1.807, 2.05) is 6.92 Å². The Balaban J connectivity index is 2.18. The minimum Gasteiger partial charge on any atom is -0.373 e. The lowest BCUT2D eigenvalue weighted by atomic mass is 10.2. The number of benzene rings is 1. The molecule has 6 heteroatoms. The van der Waals surface area contributed by atoms with E-state index in [9.17, 15) is 8.78 Å². The number of rotatable bonds is 4. The third kappa shape index (κ3) is 3.01. The quantitative estimate of drug-likeness (QED) is 0.902. The summed E-state index contributed by atoms with van der Waals surface area (Å²) < 4.78 is 26.0. The fraction of sp³-hybridized carbons (Fsp3) is 0.286. The van der Waals surface area contributed by atoms with Crippen molar-refractivity contribution >= 4 is 11.6 Å². The fourth-order valence-corrected chi connectivity index (χ4v) is 1.88. The summed E-state index contributed by atoms with van der Waals surface area (Å²) in [6, 6.07) is 3.82. The van der Waals surface area contributed by atoms with Crippen molar-refractivity contribution in [3.05, 3.63) is 46.8 Å². The number of hydrogen-bond donors (Lipinski definition) is 2. The Hall–Kier alpha value is -2.24. The average molecular weight is 278 g/mol. The van der Waals surface area contributed by atoms with Gasteiger partial charge in [0.15, 0.2) is 11.6 Å². The van der Waals surface area contributed by atoms with Crippen LogP contribution in [0.4, 0.5) is 20.4 Å². The van der Waals surface area contributed by atoms with E-state index in [2.05, 4.69) is 20.6 Å². The van der Waals surface area contributed by atoms with Gasteiger partial charge >= 0.3 is 0 Å². The number of nitrogens with one attached hydrogen (secondary N) is 2. The summed E-state index contributed by atoms with van der Waals surface area (Å²) in [5.74, 6) is 0.348. The van der Waals surface area contributed by atoms with Crippen molar-refractivity contribution in [2.75, 3.05) is 17.7 Å². The van der Waals surface area contributed by atoms with Crippen LogP contribution < -0.4 is 10.6 Å². The van der Waals surface area contributed by atoms with E-state index in [-0.39, 0.29) is 0 Å². The van der Waals surface area contributed by atoms with Crippen LogP contribution in [0.25, 0.3) is 0 Å². The largest absolute Gasteiger partial charge is 0.373 e. The molecule has 0 unspecified atom stereocenters. The monoisotopic (exact) mass is 278 g/mol. The van der Waals surface area contributed by atoms with Gasteiger partial charge in [-0.3, -0.25) is 0 Å². The lowest BCUT2D eigenvalue weighted by Gasteiger charge is -2.12. The van der Waals surface area contributed by atoms with Gasteiger partial charge in [-0.25, -0.2) is 18.7 Å². The van der Waals surface area contributed by atoms with E-state index in [0.717, 1.165) is 17.4 Å². The zero-order valence-electron chi connectivity index (χ0n) is 11.6. The molecule has 0 radical (unpaired) electrons. The van der Waals surface area contributed by atoms with E-state index in [4.69, 9.17) is 0 Å². The average Bonchev–Trinajstić information content (AvgIpc) is 2.43. The van der Waals surface area contributed by atoms with Gasteiger partial charge in [0, 0.05) is 19.2 Å². The zero-order chi connectivity index (χ0) is 14.7. The van der Waals surface area contributed by atoms with Gasteiger partial charge in [-0.05, 0) is 31.5 Å². The van der Waals surface area contributed by atoms with Crippen LogP contribution in [-0.2, 0) is 6.54 Å². The molecular formula is C14H16F2N4. The van der Waals surface area contributed by atoms with Crippen LogP contribution >= 0.6 is 0 Å². The smallest absolute Gasteiger partial charge is 0.159 e. The molecule has 0 atom stereocenters. The van der Waals surface area contributed by atoms with Crippen molar-refractivity contribution in [3.63, 3.8) is 0 Å². The van der Waals surface area contributed by atoms with Gasteiger partial charge in [-0.15, -0.1) is 0 Å². The topological polar surface area (TPSA) is 49.8 Å². The first kappa shape index (κ1) is 14.2. The summed E-state index contributed by atoms with van der Waals surface area (Å²) in [7, 11) is 1.79. The van der Waals surface area contributed by atoms with E-state index >= 15 is 0 Å². The van der Waals surface area contributed by atoms with Crippen LogP contribution in [0.15, 0.2) is 18.2 Å². The molecule has 106 valence electrons. The van der Waals surface area contributed by atoms with Gasteiger partial charge in [0.05, 0.1) is 0 Å². The van der Waals surface area contributed by atoms with Crippen LogP contribution in [0.2, 0.25) is 0 Å². The Kier molecular flexibility index (Phi) is 4.12. The molecule has 0 fully saturated rings. The maximum absolute atomic E-state index is 13.1. The summed E-state index contributed by atoms with van der Waals surface area (Å²) in [4.78, 5) is 8.57. The molecule has 2 N–H and O–H groups in total. The minimum absolute atomic E-state index is 0.359. The Morgan fingerprint density at radius 1 is 1.05 bits per heavy atom. The molecule has 2 aromatic rings. The number of aromatic nitrogens is 2. The molecule has 20 heavy (non-hydrogen) atoms. The molecule has 0 saturated heterocycles. The molecule has 0 spiro atoms. The predicted molar refractivity (Wildman–Crippen MR) is 74.7 cm³/mol. The maximum atomic E-state index is 13.1. The van der Waals surface area contributed by atoms with Crippen LogP contribution in [0.1, 0.15) is 17.0 Å². The molecule has 0 aliphatic rings. The first-order valence-electron chi connectivity index (χ1n) is 6.22. The van der Waals surface area contributed by atoms with Crippen molar-refractivity contribution in [2.45, 2.75) is 20.4 Å². The first-order chi connectivity index (χ1) is 9.51. The highest BCUT2D eigenvalue weighted by Gasteiger charge is 2.08. The Morgan fingerprint density at radius 2 is 1.75 bits per heavy atom. The third-order valence-electron chi connectivity index (χ3n) is 2.94. The molecular weight excluding hydrogens is 262 g/mol. The highest BCUT2D eigenvalue weighted by atomic mass is 19.2. The molecule has 2 rings (SSSR count). The lowest BCUT2D eigenvalue weighted by molar-refractivity contribution is 0.507. The fourth-order valence-electron chi connectivity index (χ4n) is 1.88. The first-order valence-corrected chi connectivity index (χ1v) is 6.22. The molecule has 0 amide bonds. The minimum atomic E-state index is -0.851. The van der Waals surface area contributed by atoms with Gasteiger partial charge in [0.2, 0.25) is 0 Å². The Bertz CT molecular complexity index is 629. The third-order valence-corrected chi connectivity index (χ3v) is 2.94. The van der Waals surface area contributed by atoms with Gasteiger partial charge in [-0.1, -0.05) is 6.07 Å². The number of anilines is 2. The standard InChI is InChI=1S/C14H16F2N4/c1-8-13(17-3)19-9(2)20-14(8)18-7-10-4-5-11(15)12(16)6-10/h4-6H,7H2,1-3H3,(H2,17,18,19,20). The molecule has 0 aliphatic carbocycles. The van der Waals surface area contributed by atoms with Crippen molar-refractivity contribution in [3.8, 4) is 0 Å². The van der Waals surface area contributed by atoms with Crippen LogP contribution in [0, 0.1) is 25.5 Å². The van der Waals surface area contributed by atoms with E-state index in [1.165, 1.54) is 12.1 Å². The van der Waals surface area contributed by atoms with Gasteiger partial charge in [-0.2, -0.15) is 0 Å². The molecule has 1 heterocycles. The molecule has 1 aromatic heterocycles. The summed E-state index contributed by atoms with van der Waals surface area (Å²) in [6.45, 7) is 4.04. The second-order valence-electron chi connectivity index (χ2n) is 4.45. The van der Waals surface area contributed by atoms with E-state index < -0.39 is 11.6 Å². The van der Waals surface area contributed by atoms with Crippen LogP contribution in [0.3, 0.4) is 0 Å². The molecule has 0 bridgehead atoms. The molecule has 0 aliphatic heterocycles. The Morgan fingerprint density at radius 3 is 2.40 bits per heavy atom. The van der Waals surface area contributed by atoms with Gasteiger partial charge < -0.3 is 10.6 Å².